The zero-order chi connectivity index (χ0) is 17.9. The van der Waals surface area contributed by atoms with E-state index in [1.165, 1.54) is 11.1 Å². The number of esters is 1. The largest absolute Gasteiger partial charge is 0.480 e. The van der Waals surface area contributed by atoms with Crippen molar-refractivity contribution in [2.24, 2.45) is 11.3 Å². The molecule has 2 N–H and O–H groups in total. The molecule has 1 heterocycles. The fraction of sp³-hybridized carbons (Fsp3) is 0.333. The molecular weight excluding hydrogens is 330 g/mol. The highest BCUT2D eigenvalue weighted by Gasteiger charge is 2.71. The minimum Gasteiger partial charge on any atom is -0.480 e. The van der Waals surface area contributed by atoms with Gasteiger partial charge in [-0.3, -0.25) is 9.59 Å². The number of rotatable bonds is 4. The molecule has 1 saturated carbocycles. The zero-order valence-corrected chi connectivity index (χ0v) is 14.1. The van der Waals surface area contributed by atoms with Crippen molar-refractivity contribution in [1.82, 2.24) is 5.32 Å². The lowest BCUT2D eigenvalue weighted by Gasteiger charge is -2.20. The van der Waals surface area contributed by atoms with Crippen molar-refractivity contribution in [3.05, 3.63) is 59.7 Å². The van der Waals surface area contributed by atoms with Crippen molar-refractivity contribution in [3.63, 3.8) is 0 Å². The number of carbonyl (C=O) groups excluding carboxylic acids is 1. The molecule has 5 heteroatoms. The predicted molar refractivity (Wildman–Crippen MR) is 94.6 cm³/mol. The van der Waals surface area contributed by atoms with Gasteiger partial charge in [0.05, 0.1) is 5.41 Å². The zero-order valence-electron chi connectivity index (χ0n) is 14.1. The van der Waals surface area contributed by atoms with Gasteiger partial charge in [-0.05, 0) is 34.6 Å². The summed E-state index contributed by atoms with van der Waals surface area (Å²) in [5, 5.41) is 12.3. The van der Waals surface area contributed by atoms with Crippen LogP contribution in [0.2, 0.25) is 0 Å². The summed E-state index contributed by atoms with van der Waals surface area (Å²) in [5.41, 5.74) is 3.80. The maximum atomic E-state index is 12.8. The summed E-state index contributed by atoms with van der Waals surface area (Å²) in [6.07, 6.45) is 0.605. The number of benzene rings is 2. The maximum Gasteiger partial charge on any atom is 0.321 e. The van der Waals surface area contributed by atoms with E-state index in [2.05, 4.69) is 29.6 Å². The number of carboxylic acids is 1. The van der Waals surface area contributed by atoms with Gasteiger partial charge in [-0.15, -0.1) is 0 Å². The first kappa shape index (κ1) is 15.6. The van der Waals surface area contributed by atoms with Gasteiger partial charge in [-0.25, -0.2) is 0 Å². The Hall–Kier alpha value is -2.66. The fourth-order valence-corrected chi connectivity index (χ4v) is 4.81. The molecule has 0 radical (unpaired) electrons. The fourth-order valence-electron chi connectivity index (χ4n) is 4.81. The predicted octanol–water partition coefficient (Wildman–Crippen LogP) is 2.40. The Morgan fingerprint density at radius 1 is 1.08 bits per heavy atom. The molecule has 0 amide bonds. The number of fused-ring (bicyclic) bond motifs is 4. The molecule has 0 bridgehead atoms. The van der Waals surface area contributed by atoms with Crippen LogP contribution in [0.5, 0.6) is 0 Å². The lowest BCUT2D eigenvalue weighted by Crippen LogP contribution is -2.44. The first-order valence-corrected chi connectivity index (χ1v) is 8.94. The van der Waals surface area contributed by atoms with E-state index in [0.29, 0.717) is 13.0 Å². The van der Waals surface area contributed by atoms with Gasteiger partial charge in [0, 0.05) is 12.5 Å². The van der Waals surface area contributed by atoms with Crippen LogP contribution in [-0.4, -0.2) is 36.2 Å². The Morgan fingerprint density at radius 3 is 2.27 bits per heavy atom. The van der Waals surface area contributed by atoms with Crippen molar-refractivity contribution >= 4 is 11.9 Å². The molecule has 1 unspecified atom stereocenters. The van der Waals surface area contributed by atoms with Crippen molar-refractivity contribution in [2.45, 2.75) is 18.4 Å². The Bertz CT molecular complexity index is 878. The Kier molecular flexibility index (Phi) is 3.25. The van der Waals surface area contributed by atoms with Crippen LogP contribution in [0.15, 0.2) is 48.5 Å². The van der Waals surface area contributed by atoms with Gasteiger partial charge >= 0.3 is 11.9 Å². The Morgan fingerprint density at radius 2 is 1.69 bits per heavy atom. The second-order valence-corrected chi connectivity index (χ2v) is 7.45. The molecule has 3 atom stereocenters. The third-order valence-electron chi connectivity index (χ3n) is 6.21. The van der Waals surface area contributed by atoms with E-state index in [0.717, 1.165) is 11.1 Å². The molecule has 132 valence electrons. The average Bonchev–Trinajstić information content (AvgIpc) is 3.13. The maximum absolute atomic E-state index is 12.8. The van der Waals surface area contributed by atoms with Crippen LogP contribution in [0.4, 0.5) is 0 Å². The monoisotopic (exact) mass is 349 g/mol. The van der Waals surface area contributed by atoms with E-state index in [1.807, 2.05) is 24.3 Å². The lowest BCUT2D eigenvalue weighted by atomic mass is 9.96. The molecule has 2 aromatic carbocycles. The average molecular weight is 349 g/mol. The second-order valence-electron chi connectivity index (χ2n) is 7.45. The highest BCUT2D eigenvalue weighted by Crippen LogP contribution is 2.59. The first-order chi connectivity index (χ1) is 12.6. The normalized spacial score (nSPS) is 28.2. The number of aliphatic carboxylic acids is 1. The SMILES string of the molecule is O=C(O)C1NC[C@@H]2C[C@@]12C(=O)OCC1c2ccccc2-c2ccccc21. The van der Waals surface area contributed by atoms with Crippen LogP contribution in [0.1, 0.15) is 23.5 Å². The van der Waals surface area contributed by atoms with Crippen LogP contribution < -0.4 is 5.32 Å². The summed E-state index contributed by atoms with van der Waals surface area (Å²) in [5.74, 6) is -1.27. The van der Waals surface area contributed by atoms with Crippen molar-refractivity contribution in [2.75, 3.05) is 13.2 Å². The molecule has 26 heavy (non-hydrogen) atoms. The highest BCUT2D eigenvalue weighted by molar-refractivity contribution is 5.91. The Labute approximate surface area is 151 Å². The second kappa shape index (κ2) is 5.42. The van der Waals surface area contributed by atoms with Gasteiger partial charge in [-0.2, -0.15) is 0 Å². The molecule has 0 spiro atoms. The van der Waals surface area contributed by atoms with Crippen LogP contribution in [0, 0.1) is 11.3 Å². The molecular formula is C21H19NO4. The molecule has 2 aromatic rings. The van der Waals surface area contributed by atoms with Gasteiger partial charge in [0.1, 0.15) is 12.6 Å². The number of hydrogen-bond donors (Lipinski definition) is 2. The molecule has 2 aliphatic carbocycles. The van der Waals surface area contributed by atoms with Gasteiger partial charge in [-0.1, -0.05) is 48.5 Å². The lowest BCUT2D eigenvalue weighted by molar-refractivity contribution is -0.156. The standard InChI is InChI=1S/C21H19NO4/c23-19(24)18-21(9-12(21)10-22-18)20(25)26-11-17-15-7-3-1-5-13(15)14-6-2-4-8-16(14)17/h1-8,12,17-18,22H,9-11H2,(H,23,24)/t12-,18?,21-/m0/s1. The van der Waals surface area contributed by atoms with E-state index >= 15 is 0 Å². The van der Waals surface area contributed by atoms with Gasteiger partial charge < -0.3 is 15.2 Å². The van der Waals surface area contributed by atoms with Crippen molar-refractivity contribution < 1.29 is 19.4 Å². The number of ether oxygens (including phenoxy) is 1. The molecule has 2 fully saturated rings. The topological polar surface area (TPSA) is 75.6 Å². The summed E-state index contributed by atoms with van der Waals surface area (Å²) in [7, 11) is 0. The number of carboxylic acid groups (broad SMARTS) is 1. The van der Waals surface area contributed by atoms with Gasteiger partial charge in [0.15, 0.2) is 0 Å². The van der Waals surface area contributed by atoms with Crippen molar-refractivity contribution in [1.29, 1.82) is 0 Å². The van der Waals surface area contributed by atoms with E-state index < -0.39 is 17.4 Å². The van der Waals surface area contributed by atoms with Crippen LogP contribution >= 0.6 is 0 Å². The summed E-state index contributed by atoms with van der Waals surface area (Å²) < 4.78 is 5.71. The molecule has 1 saturated heterocycles. The first-order valence-electron chi connectivity index (χ1n) is 8.94. The number of hydrogen-bond acceptors (Lipinski definition) is 4. The van der Waals surface area contributed by atoms with E-state index in [-0.39, 0.29) is 24.4 Å². The van der Waals surface area contributed by atoms with Crippen LogP contribution in [0.3, 0.4) is 0 Å². The van der Waals surface area contributed by atoms with Gasteiger partial charge in [0.25, 0.3) is 0 Å². The van der Waals surface area contributed by atoms with Gasteiger partial charge in [0.2, 0.25) is 0 Å². The van der Waals surface area contributed by atoms with E-state index in [1.54, 1.807) is 0 Å². The molecule has 5 rings (SSSR count). The summed E-state index contributed by atoms with van der Waals surface area (Å²) in [4.78, 5) is 24.2. The number of nitrogens with one attached hydrogen (secondary N) is 1. The third kappa shape index (κ3) is 2.01. The van der Waals surface area contributed by atoms with E-state index in [4.69, 9.17) is 4.74 Å². The molecule has 1 aliphatic heterocycles. The van der Waals surface area contributed by atoms with Crippen LogP contribution in [0.25, 0.3) is 11.1 Å². The molecule has 0 aromatic heterocycles. The van der Waals surface area contributed by atoms with Crippen LogP contribution in [-0.2, 0) is 14.3 Å². The smallest absolute Gasteiger partial charge is 0.321 e. The number of carbonyl (C=O) groups is 2. The summed E-state index contributed by atoms with van der Waals surface area (Å²) >= 11 is 0. The minimum absolute atomic E-state index is 0.00223. The Balaban J connectivity index is 1.40. The molecule has 3 aliphatic rings. The summed E-state index contributed by atoms with van der Waals surface area (Å²) in [6, 6.07) is 15.5. The third-order valence-corrected chi connectivity index (χ3v) is 6.21. The summed E-state index contributed by atoms with van der Waals surface area (Å²) in [6.45, 7) is 0.814. The van der Waals surface area contributed by atoms with E-state index in [9.17, 15) is 14.7 Å². The highest BCUT2D eigenvalue weighted by atomic mass is 16.5. The number of piperidine rings is 1. The van der Waals surface area contributed by atoms with Crippen molar-refractivity contribution in [3.8, 4) is 11.1 Å². The minimum atomic E-state index is -0.974. The molecule has 5 nitrogen and oxygen atoms in total. The quantitative estimate of drug-likeness (QED) is 0.829.